The smallest absolute Gasteiger partial charge is 0.326 e. The van der Waals surface area contributed by atoms with E-state index in [1.54, 1.807) is 19.1 Å². The van der Waals surface area contributed by atoms with Gasteiger partial charge < -0.3 is 43.4 Å². The summed E-state index contributed by atoms with van der Waals surface area (Å²) in [6.07, 6.45) is 1.02. The van der Waals surface area contributed by atoms with Crippen LogP contribution in [0.5, 0.6) is 5.75 Å². The lowest BCUT2D eigenvalue weighted by Gasteiger charge is -2.28. The van der Waals surface area contributed by atoms with Crippen LogP contribution in [0.1, 0.15) is 45.6 Å². The number of aliphatic carboxylic acids is 1. The zero-order valence-electron chi connectivity index (χ0n) is 21.4. The number of nitrogens with zero attached hydrogens (tertiary/aromatic N) is 1. The number of amides is 3. The van der Waals surface area contributed by atoms with Gasteiger partial charge in [-0.3, -0.25) is 19.4 Å². The van der Waals surface area contributed by atoms with E-state index in [2.05, 4.69) is 20.9 Å². The standard InChI is InChI=1S/C24H39N7O6/c1-4-13(2)19(22(35)30-18(23(36)37)12-15-7-9-16(32)10-8-15)31-21(34)17(29-20(33)14(3)25)6-5-11-28-24(26)27/h7-10,13-14,17-19,32H,4-6,11-12,25H2,1-3H3,(H,29,33)(H,30,35)(H,31,34)(H,36,37)(H4,26,27,28). The first-order chi connectivity index (χ1) is 17.3. The topological polar surface area (TPSA) is 235 Å². The molecule has 0 aliphatic rings. The maximum Gasteiger partial charge on any atom is 0.326 e. The summed E-state index contributed by atoms with van der Waals surface area (Å²) >= 11 is 0. The highest BCUT2D eigenvalue weighted by Crippen LogP contribution is 2.13. The molecule has 1 rings (SSSR count). The molecular weight excluding hydrogens is 482 g/mol. The van der Waals surface area contributed by atoms with Crippen molar-refractivity contribution in [3.05, 3.63) is 29.8 Å². The Kier molecular flexibility index (Phi) is 12.9. The van der Waals surface area contributed by atoms with E-state index in [0.717, 1.165) is 0 Å². The van der Waals surface area contributed by atoms with Gasteiger partial charge in [0.1, 0.15) is 23.9 Å². The van der Waals surface area contributed by atoms with Crippen LogP contribution < -0.4 is 33.2 Å². The van der Waals surface area contributed by atoms with Gasteiger partial charge in [0.05, 0.1) is 6.04 Å². The molecule has 1 aromatic rings. The van der Waals surface area contributed by atoms with Crippen molar-refractivity contribution in [1.82, 2.24) is 16.0 Å². The quantitative estimate of drug-likeness (QED) is 0.0794. The van der Waals surface area contributed by atoms with Gasteiger partial charge in [-0.25, -0.2) is 4.79 Å². The number of aromatic hydroxyl groups is 1. The van der Waals surface area contributed by atoms with Gasteiger partial charge in [0.15, 0.2) is 5.96 Å². The van der Waals surface area contributed by atoms with Crippen LogP contribution in [0.4, 0.5) is 0 Å². The molecule has 0 aliphatic carbocycles. The third-order valence-electron chi connectivity index (χ3n) is 5.78. The van der Waals surface area contributed by atoms with Crippen molar-refractivity contribution >= 4 is 29.7 Å². The van der Waals surface area contributed by atoms with Gasteiger partial charge in [-0.1, -0.05) is 32.4 Å². The number of carbonyl (C=O) groups is 4. The normalized spacial score (nSPS) is 14.8. The Labute approximate surface area is 216 Å². The van der Waals surface area contributed by atoms with Crippen LogP contribution >= 0.6 is 0 Å². The number of hydrogen-bond donors (Lipinski definition) is 8. The molecule has 37 heavy (non-hydrogen) atoms. The predicted molar refractivity (Wildman–Crippen MR) is 138 cm³/mol. The molecule has 0 fully saturated rings. The van der Waals surface area contributed by atoms with Crippen molar-refractivity contribution in [2.75, 3.05) is 6.54 Å². The van der Waals surface area contributed by atoms with Crippen LogP contribution in [0.15, 0.2) is 29.3 Å². The van der Waals surface area contributed by atoms with Crippen LogP contribution in [0.25, 0.3) is 0 Å². The molecule has 0 spiro atoms. The Bertz CT molecular complexity index is 947. The molecular formula is C24H39N7O6. The van der Waals surface area contributed by atoms with E-state index in [1.165, 1.54) is 19.1 Å². The monoisotopic (exact) mass is 521 g/mol. The maximum absolute atomic E-state index is 13.1. The second-order valence-electron chi connectivity index (χ2n) is 8.94. The van der Waals surface area contributed by atoms with Gasteiger partial charge in [0.2, 0.25) is 17.7 Å². The van der Waals surface area contributed by atoms with E-state index in [0.29, 0.717) is 18.4 Å². The highest BCUT2D eigenvalue weighted by Gasteiger charge is 2.32. The van der Waals surface area contributed by atoms with Crippen molar-refractivity contribution in [3.8, 4) is 5.75 Å². The highest BCUT2D eigenvalue weighted by atomic mass is 16.4. The Morgan fingerprint density at radius 1 is 0.946 bits per heavy atom. The van der Waals surface area contributed by atoms with Crippen molar-refractivity contribution < 1.29 is 29.4 Å². The maximum atomic E-state index is 13.1. The van der Waals surface area contributed by atoms with E-state index < -0.39 is 47.9 Å². The number of benzene rings is 1. The Balaban J connectivity index is 3.03. The Hall–Kier alpha value is -3.87. The van der Waals surface area contributed by atoms with Crippen LogP contribution in [-0.2, 0) is 25.6 Å². The third kappa shape index (κ3) is 11.2. The zero-order valence-corrected chi connectivity index (χ0v) is 21.4. The summed E-state index contributed by atoms with van der Waals surface area (Å²) < 4.78 is 0. The molecule has 0 radical (unpaired) electrons. The van der Waals surface area contributed by atoms with Gasteiger partial charge in [-0.15, -0.1) is 0 Å². The summed E-state index contributed by atoms with van der Waals surface area (Å²) in [6, 6.07) is 1.74. The number of aliphatic imine (C=N–C) groups is 1. The van der Waals surface area contributed by atoms with Gasteiger partial charge in [-0.05, 0) is 43.4 Å². The molecule has 0 aromatic heterocycles. The molecule has 5 atom stereocenters. The van der Waals surface area contributed by atoms with Gasteiger partial charge in [-0.2, -0.15) is 0 Å². The van der Waals surface area contributed by atoms with E-state index >= 15 is 0 Å². The summed E-state index contributed by atoms with van der Waals surface area (Å²) in [5.74, 6) is -3.52. The minimum absolute atomic E-state index is 0.0274. The van der Waals surface area contributed by atoms with Crippen molar-refractivity contribution in [3.63, 3.8) is 0 Å². The van der Waals surface area contributed by atoms with E-state index in [1.807, 2.05) is 6.92 Å². The second kappa shape index (κ2) is 15.3. The number of carboxylic acid groups (broad SMARTS) is 1. The van der Waals surface area contributed by atoms with E-state index in [-0.39, 0.29) is 37.0 Å². The van der Waals surface area contributed by atoms with Crippen LogP contribution in [-0.4, -0.2) is 70.6 Å². The van der Waals surface area contributed by atoms with Crippen molar-refractivity contribution in [2.24, 2.45) is 28.1 Å². The fourth-order valence-electron chi connectivity index (χ4n) is 3.36. The number of carbonyl (C=O) groups excluding carboxylic acids is 3. The first-order valence-corrected chi connectivity index (χ1v) is 12.1. The van der Waals surface area contributed by atoms with Crippen molar-refractivity contribution in [2.45, 2.75) is 70.6 Å². The molecule has 3 amide bonds. The summed E-state index contributed by atoms with van der Waals surface area (Å²) in [5, 5.41) is 26.8. The first kappa shape index (κ1) is 31.2. The first-order valence-electron chi connectivity index (χ1n) is 12.1. The third-order valence-corrected chi connectivity index (χ3v) is 5.78. The molecule has 0 aliphatic heterocycles. The van der Waals surface area contributed by atoms with Crippen LogP contribution in [0.2, 0.25) is 0 Å². The lowest BCUT2D eigenvalue weighted by atomic mass is 9.96. The molecule has 5 unspecified atom stereocenters. The summed E-state index contributed by atoms with van der Waals surface area (Å²) in [5.41, 5.74) is 16.8. The second-order valence-corrected chi connectivity index (χ2v) is 8.94. The summed E-state index contributed by atoms with van der Waals surface area (Å²) in [6.45, 7) is 5.27. The van der Waals surface area contributed by atoms with Gasteiger partial charge >= 0.3 is 5.97 Å². The molecule has 0 heterocycles. The predicted octanol–water partition coefficient (Wildman–Crippen LogP) is -1.08. The number of carboxylic acids is 1. The lowest BCUT2D eigenvalue weighted by Crippen LogP contribution is -2.58. The Morgan fingerprint density at radius 3 is 2.05 bits per heavy atom. The minimum Gasteiger partial charge on any atom is -0.508 e. The fraction of sp³-hybridized carbons (Fsp3) is 0.542. The number of nitrogens with two attached hydrogens (primary N) is 3. The number of hydrogen-bond acceptors (Lipinski definition) is 7. The number of rotatable bonds is 15. The lowest BCUT2D eigenvalue weighted by molar-refractivity contribution is -0.142. The van der Waals surface area contributed by atoms with Crippen LogP contribution in [0.3, 0.4) is 0 Å². The molecule has 13 heteroatoms. The van der Waals surface area contributed by atoms with Gasteiger partial charge in [0.25, 0.3) is 0 Å². The number of nitrogens with one attached hydrogen (secondary N) is 3. The highest BCUT2D eigenvalue weighted by molar-refractivity contribution is 5.94. The van der Waals surface area contributed by atoms with E-state index in [9.17, 15) is 29.4 Å². The number of guanidine groups is 1. The summed E-state index contributed by atoms with van der Waals surface area (Å²) in [7, 11) is 0. The Morgan fingerprint density at radius 2 is 1.54 bits per heavy atom. The molecule has 11 N–H and O–H groups in total. The molecule has 1 aromatic carbocycles. The molecule has 13 nitrogen and oxygen atoms in total. The molecule has 0 saturated heterocycles. The molecule has 0 saturated carbocycles. The van der Waals surface area contributed by atoms with Gasteiger partial charge in [0, 0.05) is 13.0 Å². The summed E-state index contributed by atoms with van der Waals surface area (Å²) in [4.78, 5) is 54.2. The van der Waals surface area contributed by atoms with E-state index in [4.69, 9.17) is 17.2 Å². The molecule has 206 valence electrons. The average molecular weight is 522 g/mol. The number of phenolic OH excluding ortho intramolecular Hbond substituents is 1. The SMILES string of the molecule is CCC(C)C(NC(=O)C(CCCN=C(N)N)NC(=O)C(C)N)C(=O)NC(Cc1ccc(O)cc1)C(=O)O. The minimum atomic E-state index is -1.27. The molecule has 0 bridgehead atoms. The zero-order chi connectivity index (χ0) is 28.1. The average Bonchev–Trinajstić information content (AvgIpc) is 2.83. The van der Waals surface area contributed by atoms with Crippen molar-refractivity contribution in [1.29, 1.82) is 0 Å². The fourth-order valence-corrected chi connectivity index (χ4v) is 3.36. The largest absolute Gasteiger partial charge is 0.508 e. The number of phenols is 1. The van der Waals surface area contributed by atoms with Crippen LogP contribution in [0, 0.1) is 5.92 Å².